The van der Waals surface area contributed by atoms with Crippen LogP contribution in [0.5, 0.6) is 17.2 Å². The van der Waals surface area contributed by atoms with E-state index >= 15 is 0 Å². The molecule has 0 bridgehead atoms. The van der Waals surface area contributed by atoms with Crippen LogP contribution in [-0.4, -0.2) is 48.9 Å². The molecule has 2 aromatic carbocycles. The Morgan fingerprint density at radius 2 is 1.74 bits per heavy atom. The number of thiocarbonyl (C=S) groups is 1. The highest BCUT2D eigenvalue weighted by Crippen LogP contribution is 2.34. The van der Waals surface area contributed by atoms with E-state index in [4.69, 9.17) is 26.4 Å². The largest absolute Gasteiger partial charge is 0.497 e. The Kier molecular flexibility index (Phi) is 9.35. The lowest BCUT2D eigenvalue weighted by Crippen LogP contribution is -2.29. The molecule has 34 heavy (non-hydrogen) atoms. The predicted octanol–water partition coefficient (Wildman–Crippen LogP) is 5.11. The van der Waals surface area contributed by atoms with Crippen LogP contribution >= 0.6 is 24.0 Å². The van der Waals surface area contributed by atoms with Gasteiger partial charge in [-0.3, -0.25) is 14.5 Å². The van der Waals surface area contributed by atoms with Crippen LogP contribution in [0.1, 0.15) is 31.2 Å². The van der Waals surface area contributed by atoms with Gasteiger partial charge in [0.1, 0.15) is 10.1 Å². The zero-order chi connectivity index (χ0) is 24.5. The highest BCUT2D eigenvalue weighted by atomic mass is 32.2. The summed E-state index contributed by atoms with van der Waals surface area (Å²) in [5.74, 6) is 1.84. The fraction of sp³-hybridized carbons (Fsp3) is 0.320. The van der Waals surface area contributed by atoms with Crippen LogP contribution in [0.3, 0.4) is 0 Å². The highest BCUT2D eigenvalue weighted by molar-refractivity contribution is 8.26. The van der Waals surface area contributed by atoms with Crippen LogP contribution in [0.2, 0.25) is 0 Å². The first-order valence-electron chi connectivity index (χ1n) is 10.9. The van der Waals surface area contributed by atoms with E-state index in [1.165, 1.54) is 11.8 Å². The number of unbranched alkanes of at least 4 members (excludes halogenated alkanes) is 2. The summed E-state index contributed by atoms with van der Waals surface area (Å²) in [7, 11) is 4.75. The molecular weight excluding hydrogens is 472 g/mol. The number of hydrogen-bond acceptors (Lipinski definition) is 7. The summed E-state index contributed by atoms with van der Waals surface area (Å²) in [6, 6.07) is 12.7. The number of nitrogens with one attached hydrogen (secondary N) is 1. The molecule has 7 nitrogen and oxygen atoms in total. The number of benzene rings is 2. The first-order valence-corrected chi connectivity index (χ1v) is 12.1. The Hall–Kier alpha value is -3.04. The number of methoxy groups -OCH3 is 3. The number of carbonyl (C=O) groups excluding carboxylic acids is 2. The summed E-state index contributed by atoms with van der Waals surface area (Å²) in [4.78, 5) is 27.2. The molecule has 2 amide bonds. The topological polar surface area (TPSA) is 77.1 Å². The van der Waals surface area contributed by atoms with Gasteiger partial charge in [-0.1, -0.05) is 36.5 Å². The minimum atomic E-state index is -0.0953. The van der Waals surface area contributed by atoms with Crippen molar-refractivity contribution >= 4 is 51.9 Å². The second-order valence-electron chi connectivity index (χ2n) is 7.54. The molecule has 0 aliphatic carbocycles. The van der Waals surface area contributed by atoms with Crippen LogP contribution in [-0.2, 0) is 9.59 Å². The van der Waals surface area contributed by atoms with Crippen molar-refractivity contribution in [1.29, 1.82) is 0 Å². The zero-order valence-electron chi connectivity index (χ0n) is 19.5. The third-order valence-corrected chi connectivity index (χ3v) is 6.62. The van der Waals surface area contributed by atoms with E-state index in [-0.39, 0.29) is 11.8 Å². The third kappa shape index (κ3) is 6.74. The van der Waals surface area contributed by atoms with Gasteiger partial charge in [0.05, 0.1) is 26.2 Å². The van der Waals surface area contributed by atoms with Crippen molar-refractivity contribution < 1.29 is 23.8 Å². The molecule has 9 heteroatoms. The number of ether oxygens (including phenoxy) is 3. The molecule has 180 valence electrons. The lowest BCUT2D eigenvalue weighted by molar-refractivity contribution is -0.122. The molecule has 0 atom stereocenters. The number of thioether (sulfide) groups is 1. The molecule has 0 radical (unpaired) electrons. The van der Waals surface area contributed by atoms with Gasteiger partial charge in [0.25, 0.3) is 5.91 Å². The highest BCUT2D eigenvalue weighted by Gasteiger charge is 2.31. The quantitative estimate of drug-likeness (QED) is 0.261. The molecule has 1 heterocycles. The van der Waals surface area contributed by atoms with Gasteiger partial charge in [-0.15, -0.1) is 0 Å². The molecule has 0 aromatic heterocycles. The minimum Gasteiger partial charge on any atom is -0.497 e. The number of rotatable bonds is 11. The van der Waals surface area contributed by atoms with Gasteiger partial charge in [0, 0.05) is 18.7 Å². The number of carbonyl (C=O) groups is 2. The van der Waals surface area contributed by atoms with E-state index in [2.05, 4.69) is 5.32 Å². The number of anilines is 1. The van der Waals surface area contributed by atoms with Gasteiger partial charge < -0.3 is 19.5 Å². The smallest absolute Gasteiger partial charge is 0.266 e. The normalized spacial score (nSPS) is 14.4. The van der Waals surface area contributed by atoms with Crippen molar-refractivity contribution in [1.82, 2.24) is 4.90 Å². The van der Waals surface area contributed by atoms with E-state index in [0.29, 0.717) is 33.7 Å². The van der Waals surface area contributed by atoms with Crippen LogP contribution in [0, 0.1) is 0 Å². The maximum atomic E-state index is 12.8. The average molecular weight is 501 g/mol. The molecule has 1 saturated heterocycles. The maximum absolute atomic E-state index is 12.8. The Bertz CT molecular complexity index is 1070. The maximum Gasteiger partial charge on any atom is 0.266 e. The first kappa shape index (κ1) is 25.6. The van der Waals surface area contributed by atoms with Gasteiger partial charge >= 0.3 is 0 Å². The SMILES string of the molecule is COc1ccc(NC(=O)CCCCCN2C(=O)/C(=C/c3ccc(OC)c(OC)c3)SC2=S)cc1. The van der Waals surface area contributed by atoms with Crippen LogP contribution < -0.4 is 19.5 Å². The second-order valence-corrected chi connectivity index (χ2v) is 9.21. The van der Waals surface area contributed by atoms with E-state index < -0.39 is 0 Å². The number of amides is 2. The van der Waals surface area contributed by atoms with Crippen molar-refractivity contribution in [2.24, 2.45) is 0 Å². The molecule has 0 saturated carbocycles. The Morgan fingerprint density at radius 3 is 2.41 bits per heavy atom. The molecule has 2 aromatic rings. The Balaban J connectivity index is 1.44. The van der Waals surface area contributed by atoms with Crippen molar-refractivity contribution in [3.8, 4) is 17.2 Å². The lowest BCUT2D eigenvalue weighted by Gasteiger charge is -2.14. The summed E-state index contributed by atoms with van der Waals surface area (Å²) in [5.41, 5.74) is 1.57. The molecular formula is C25H28N2O5S2. The molecule has 1 aliphatic rings. The Morgan fingerprint density at radius 1 is 1.00 bits per heavy atom. The summed E-state index contributed by atoms with van der Waals surface area (Å²) < 4.78 is 16.3. The fourth-order valence-corrected chi connectivity index (χ4v) is 4.73. The zero-order valence-corrected chi connectivity index (χ0v) is 21.1. The Labute approximate surface area is 209 Å². The van der Waals surface area contributed by atoms with Crippen LogP contribution in [0.4, 0.5) is 5.69 Å². The van der Waals surface area contributed by atoms with Crippen molar-refractivity contribution in [3.05, 3.63) is 52.9 Å². The molecule has 1 aliphatic heterocycles. The van der Waals surface area contributed by atoms with Gasteiger partial charge in [-0.05, 0) is 60.9 Å². The van der Waals surface area contributed by atoms with Crippen molar-refractivity contribution in [2.75, 3.05) is 33.2 Å². The average Bonchev–Trinajstić information content (AvgIpc) is 3.11. The molecule has 3 rings (SSSR count). The van der Waals surface area contributed by atoms with Gasteiger partial charge in [0.15, 0.2) is 11.5 Å². The number of nitrogens with zero attached hydrogens (tertiary/aromatic N) is 1. The summed E-state index contributed by atoms with van der Waals surface area (Å²) in [5, 5.41) is 2.88. The molecule has 0 unspecified atom stereocenters. The first-order chi connectivity index (χ1) is 16.4. The van der Waals surface area contributed by atoms with E-state index in [9.17, 15) is 9.59 Å². The van der Waals surface area contributed by atoms with Crippen molar-refractivity contribution in [2.45, 2.75) is 25.7 Å². The molecule has 1 N–H and O–H groups in total. The van der Waals surface area contributed by atoms with Gasteiger partial charge in [0.2, 0.25) is 5.91 Å². The third-order valence-electron chi connectivity index (χ3n) is 5.24. The standard InChI is InChI=1S/C25H28N2O5S2/c1-30-19-11-9-18(10-12-19)26-23(28)7-5-4-6-14-27-24(29)22(34-25(27)33)16-17-8-13-20(31-2)21(15-17)32-3/h8-13,15-16H,4-7,14H2,1-3H3,(H,26,28)/b22-16-. The summed E-state index contributed by atoms with van der Waals surface area (Å²) in [6.45, 7) is 0.536. The van der Waals surface area contributed by atoms with E-state index in [1.54, 1.807) is 56.6 Å². The summed E-state index contributed by atoms with van der Waals surface area (Å²) in [6.07, 6.45) is 4.56. The fourth-order valence-electron chi connectivity index (χ4n) is 3.42. The molecule has 0 spiro atoms. The van der Waals surface area contributed by atoms with Gasteiger partial charge in [-0.2, -0.15) is 0 Å². The van der Waals surface area contributed by atoms with Crippen molar-refractivity contribution in [3.63, 3.8) is 0 Å². The monoisotopic (exact) mass is 500 g/mol. The predicted molar refractivity (Wildman–Crippen MR) is 140 cm³/mol. The lowest BCUT2D eigenvalue weighted by atomic mass is 10.1. The van der Waals surface area contributed by atoms with Crippen LogP contribution in [0.25, 0.3) is 6.08 Å². The molecule has 1 fully saturated rings. The van der Waals surface area contributed by atoms with Crippen LogP contribution in [0.15, 0.2) is 47.4 Å². The second kappa shape index (κ2) is 12.4. The number of hydrogen-bond donors (Lipinski definition) is 1. The minimum absolute atomic E-state index is 0.0337. The summed E-state index contributed by atoms with van der Waals surface area (Å²) >= 11 is 6.72. The van der Waals surface area contributed by atoms with E-state index in [0.717, 1.165) is 36.3 Å². The van der Waals surface area contributed by atoms with E-state index in [1.807, 2.05) is 18.2 Å². The van der Waals surface area contributed by atoms with Gasteiger partial charge in [-0.25, -0.2) is 0 Å².